The molecule has 1 aromatic rings. The number of carboxylic acids is 1. The molecule has 1 rings (SSSR count). The summed E-state index contributed by atoms with van der Waals surface area (Å²) in [5.41, 5.74) is 6.95. The summed E-state index contributed by atoms with van der Waals surface area (Å²) < 4.78 is 1.65. The van der Waals surface area contributed by atoms with Crippen molar-refractivity contribution in [2.75, 3.05) is 0 Å². The van der Waals surface area contributed by atoms with Crippen molar-refractivity contribution in [3.05, 3.63) is 17.5 Å². The van der Waals surface area contributed by atoms with E-state index >= 15 is 0 Å². The second-order valence-electron chi connectivity index (χ2n) is 3.57. The molecule has 0 spiro atoms. The van der Waals surface area contributed by atoms with E-state index in [1.807, 2.05) is 20.8 Å². The fourth-order valence-corrected chi connectivity index (χ4v) is 1.37. The van der Waals surface area contributed by atoms with E-state index in [1.165, 1.54) is 0 Å². The summed E-state index contributed by atoms with van der Waals surface area (Å²) in [7, 11) is 0. The third kappa shape index (κ3) is 1.77. The molecule has 5 nitrogen and oxygen atoms in total. The van der Waals surface area contributed by atoms with Crippen LogP contribution < -0.4 is 5.73 Å². The van der Waals surface area contributed by atoms with Gasteiger partial charge < -0.3 is 10.8 Å². The first-order valence-corrected chi connectivity index (χ1v) is 4.47. The molecule has 0 bridgehead atoms. The topological polar surface area (TPSA) is 81.1 Å². The molecule has 1 aromatic heterocycles. The summed E-state index contributed by atoms with van der Waals surface area (Å²) in [5.74, 6) is -1.03. The average molecular weight is 197 g/mol. The molecule has 0 aliphatic heterocycles. The molecule has 1 unspecified atom stereocenters. The van der Waals surface area contributed by atoms with Gasteiger partial charge in [-0.3, -0.25) is 9.48 Å². The van der Waals surface area contributed by atoms with Crippen LogP contribution in [-0.2, 0) is 4.79 Å². The maximum atomic E-state index is 10.8. The van der Waals surface area contributed by atoms with Crippen LogP contribution in [0.5, 0.6) is 0 Å². The van der Waals surface area contributed by atoms with Crippen molar-refractivity contribution in [1.29, 1.82) is 0 Å². The highest BCUT2D eigenvalue weighted by Gasteiger charge is 2.22. The summed E-state index contributed by atoms with van der Waals surface area (Å²) in [6, 6.07) is -0.885. The van der Waals surface area contributed by atoms with Crippen molar-refractivity contribution in [3.8, 4) is 0 Å². The Bertz CT molecular complexity index is 344. The molecule has 78 valence electrons. The van der Waals surface area contributed by atoms with Crippen molar-refractivity contribution < 1.29 is 9.90 Å². The monoisotopic (exact) mass is 197 g/mol. The van der Waals surface area contributed by atoms with Crippen LogP contribution in [0, 0.1) is 6.92 Å². The Hall–Kier alpha value is -1.36. The third-order valence-corrected chi connectivity index (χ3v) is 2.08. The average Bonchev–Trinajstić information content (AvgIpc) is 2.45. The Morgan fingerprint density at radius 2 is 2.21 bits per heavy atom. The van der Waals surface area contributed by atoms with E-state index in [-0.39, 0.29) is 6.04 Å². The second-order valence-corrected chi connectivity index (χ2v) is 3.57. The van der Waals surface area contributed by atoms with Gasteiger partial charge in [0.15, 0.2) is 0 Å². The maximum absolute atomic E-state index is 10.8. The van der Waals surface area contributed by atoms with Gasteiger partial charge in [0, 0.05) is 6.04 Å². The largest absolute Gasteiger partial charge is 0.480 e. The van der Waals surface area contributed by atoms with Crippen molar-refractivity contribution >= 4 is 5.97 Å². The molecule has 0 amide bonds. The predicted molar refractivity (Wildman–Crippen MR) is 51.9 cm³/mol. The lowest BCUT2D eigenvalue weighted by molar-refractivity contribution is -0.138. The summed E-state index contributed by atoms with van der Waals surface area (Å²) in [5, 5.41) is 12.9. The van der Waals surface area contributed by atoms with Crippen LogP contribution in [-0.4, -0.2) is 20.9 Å². The maximum Gasteiger partial charge on any atom is 0.326 e. The van der Waals surface area contributed by atoms with E-state index < -0.39 is 12.0 Å². The molecule has 0 radical (unpaired) electrons. The van der Waals surface area contributed by atoms with E-state index in [0.717, 1.165) is 5.56 Å². The number of rotatable bonds is 3. The van der Waals surface area contributed by atoms with Gasteiger partial charge in [-0.25, -0.2) is 0 Å². The molecule has 1 heterocycles. The van der Waals surface area contributed by atoms with Crippen LogP contribution in [0.15, 0.2) is 6.20 Å². The molecule has 14 heavy (non-hydrogen) atoms. The zero-order valence-electron chi connectivity index (χ0n) is 8.56. The molecule has 3 N–H and O–H groups in total. The molecular weight excluding hydrogens is 182 g/mol. The minimum Gasteiger partial charge on any atom is -0.480 e. The van der Waals surface area contributed by atoms with Crippen molar-refractivity contribution in [1.82, 2.24) is 9.78 Å². The zero-order valence-corrected chi connectivity index (χ0v) is 8.56. The smallest absolute Gasteiger partial charge is 0.326 e. The highest BCUT2D eigenvalue weighted by atomic mass is 16.4. The van der Waals surface area contributed by atoms with Gasteiger partial charge in [-0.1, -0.05) is 0 Å². The number of aryl methyl sites for hydroxylation is 1. The molecule has 0 saturated heterocycles. The van der Waals surface area contributed by atoms with Crippen LogP contribution >= 0.6 is 0 Å². The molecule has 0 fully saturated rings. The Morgan fingerprint density at radius 1 is 1.64 bits per heavy atom. The van der Waals surface area contributed by atoms with Crippen LogP contribution in [0.1, 0.15) is 37.2 Å². The normalized spacial score (nSPS) is 13.2. The zero-order chi connectivity index (χ0) is 10.9. The molecule has 0 aliphatic rings. The number of nitrogens with two attached hydrogens (primary N) is 1. The molecule has 5 heteroatoms. The Kier molecular flexibility index (Phi) is 2.90. The lowest BCUT2D eigenvalue weighted by Crippen LogP contribution is -2.25. The molecular formula is C9H15N3O2. The van der Waals surface area contributed by atoms with Crippen LogP contribution in [0.2, 0.25) is 0 Å². The van der Waals surface area contributed by atoms with Gasteiger partial charge in [0.25, 0.3) is 0 Å². The summed E-state index contributed by atoms with van der Waals surface area (Å²) >= 11 is 0. The second kappa shape index (κ2) is 3.79. The first kappa shape index (κ1) is 10.7. The van der Waals surface area contributed by atoms with Gasteiger partial charge in [-0.15, -0.1) is 0 Å². The number of carbonyl (C=O) groups is 1. The van der Waals surface area contributed by atoms with Crippen molar-refractivity contribution in [2.24, 2.45) is 5.73 Å². The number of carboxylic acid groups (broad SMARTS) is 1. The highest BCUT2D eigenvalue weighted by Crippen LogP contribution is 2.19. The van der Waals surface area contributed by atoms with E-state index in [2.05, 4.69) is 5.10 Å². The van der Waals surface area contributed by atoms with Gasteiger partial charge >= 0.3 is 5.97 Å². The predicted octanol–water partition coefficient (Wildman–Crippen LogP) is 0.857. The van der Waals surface area contributed by atoms with E-state index in [4.69, 9.17) is 10.8 Å². The van der Waals surface area contributed by atoms with Gasteiger partial charge in [-0.05, 0) is 26.3 Å². The Labute approximate surface area is 82.5 Å². The number of hydrogen-bond acceptors (Lipinski definition) is 3. The fourth-order valence-electron chi connectivity index (χ4n) is 1.37. The summed E-state index contributed by atoms with van der Waals surface area (Å²) in [6.45, 7) is 5.68. The molecule has 0 aliphatic carbocycles. The fraction of sp³-hybridized carbons (Fsp3) is 0.556. The van der Waals surface area contributed by atoms with E-state index in [0.29, 0.717) is 5.69 Å². The summed E-state index contributed by atoms with van der Waals surface area (Å²) in [4.78, 5) is 10.8. The van der Waals surface area contributed by atoms with Gasteiger partial charge in [0.05, 0.1) is 11.9 Å². The summed E-state index contributed by atoms with van der Waals surface area (Å²) in [6.07, 6.45) is 1.64. The van der Waals surface area contributed by atoms with Crippen LogP contribution in [0.25, 0.3) is 0 Å². The number of hydrogen-bond donors (Lipinski definition) is 2. The molecule has 0 aromatic carbocycles. The van der Waals surface area contributed by atoms with Gasteiger partial charge in [0.1, 0.15) is 6.04 Å². The van der Waals surface area contributed by atoms with E-state index in [9.17, 15) is 4.79 Å². The molecule has 1 atom stereocenters. The standard InChI is InChI=1S/C9H15N3O2/c1-5(2)12-8(6(3)4-11-12)7(10)9(13)14/h4-5,7H,10H2,1-3H3,(H,13,14). The third-order valence-electron chi connectivity index (χ3n) is 2.08. The van der Waals surface area contributed by atoms with Crippen molar-refractivity contribution in [2.45, 2.75) is 32.9 Å². The highest BCUT2D eigenvalue weighted by molar-refractivity contribution is 5.75. The first-order chi connectivity index (χ1) is 6.45. The molecule has 0 saturated carbocycles. The lowest BCUT2D eigenvalue weighted by atomic mass is 10.1. The quantitative estimate of drug-likeness (QED) is 0.752. The first-order valence-electron chi connectivity index (χ1n) is 4.47. The Morgan fingerprint density at radius 3 is 2.64 bits per heavy atom. The number of aromatic nitrogens is 2. The van der Waals surface area contributed by atoms with Crippen molar-refractivity contribution in [3.63, 3.8) is 0 Å². The van der Waals surface area contributed by atoms with Gasteiger partial charge in [-0.2, -0.15) is 5.10 Å². The number of nitrogens with zero attached hydrogens (tertiary/aromatic N) is 2. The van der Waals surface area contributed by atoms with Crippen LogP contribution in [0.4, 0.5) is 0 Å². The SMILES string of the molecule is Cc1cnn(C(C)C)c1C(N)C(=O)O. The van der Waals surface area contributed by atoms with Gasteiger partial charge in [0.2, 0.25) is 0 Å². The Balaban J connectivity index is 3.17. The minimum atomic E-state index is -1.03. The minimum absolute atomic E-state index is 0.115. The lowest BCUT2D eigenvalue weighted by Gasteiger charge is -2.14. The number of aliphatic carboxylic acids is 1. The van der Waals surface area contributed by atoms with Crippen LogP contribution in [0.3, 0.4) is 0 Å². The van der Waals surface area contributed by atoms with E-state index in [1.54, 1.807) is 10.9 Å².